The van der Waals surface area contributed by atoms with E-state index in [1.807, 2.05) is 36.5 Å². The maximum atomic E-state index is 12.1. The summed E-state index contributed by atoms with van der Waals surface area (Å²) < 4.78 is 7.45. The van der Waals surface area contributed by atoms with E-state index < -0.39 is 0 Å². The molecule has 1 aliphatic heterocycles. The first-order chi connectivity index (χ1) is 8.56. The van der Waals surface area contributed by atoms with Crippen molar-refractivity contribution in [1.82, 2.24) is 14.7 Å². The number of morpholine rings is 1. The first-order valence-electron chi connectivity index (χ1n) is 6.46. The summed E-state index contributed by atoms with van der Waals surface area (Å²) in [4.78, 5) is 14.0. The Bertz CT molecular complexity index is 406. The van der Waals surface area contributed by atoms with E-state index in [1.165, 1.54) is 0 Å². The second-order valence-corrected chi connectivity index (χ2v) is 5.00. The summed E-state index contributed by atoms with van der Waals surface area (Å²) in [5.41, 5.74) is 1.10. The Balaban J connectivity index is 1.86. The average Bonchev–Trinajstić information content (AvgIpc) is 2.70. The van der Waals surface area contributed by atoms with Crippen molar-refractivity contribution in [1.29, 1.82) is 0 Å². The minimum Gasteiger partial charge on any atom is -0.372 e. The van der Waals surface area contributed by atoms with Crippen LogP contribution in [0.2, 0.25) is 0 Å². The summed E-state index contributed by atoms with van der Waals surface area (Å²) in [6.07, 6.45) is 3.32. The summed E-state index contributed by atoms with van der Waals surface area (Å²) in [6, 6.07) is 1.96. The molecule has 0 aliphatic carbocycles. The zero-order valence-electron chi connectivity index (χ0n) is 11.3. The number of aromatic nitrogens is 2. The van der Waals surface area contributed by atoms with Crippen LogP contribution in [0.1, 0.15) is 26.0 Å². The summed E-state index contributed by atoms with van der Waals surface area (Å²) >= 11 is 0. The van der Waals surface area contributed by atoms with Gasteiger partial charge in [-0.15, -0.1) is 0 Å². The molecule has 2 heterocycles. The normalized spacial score (nSPS) is 24.3. The Hall–Kier alpha value is -1.36. The van der Waals surface area contributed by atoms with E-state index in [1.54, 1.807) is 6.20 Å². The Morgan fingerprint density at radius 3 is 2.67 bits per heavy atom. The highest BCUT2D eigenvalue weighted by Crippen LogP contribution is 2.12. The van der Waals surface area contributed by atoms with Crippen molar-refractivity contribution in [2.75, 3.05) is 13.1 Å². The number of aryl methyl sites for hydroxylation is 2. The smallest absolute Gasteiger partial charge is 0.223 e. The molecule has 5 heteroatoms. The predicted molar refractivity (Wildman–Crippen MR) is 68.1 cm³/mol. The molecule has 1 aromatic rings. The van der Waals surface area contributed by atoms with Crippen molar-refractivity contribution in [3.8, 4) is 0 Å². The summed E-state index contributed by atoms with van der Waals surface area (Å²) in [7, 11) is 1.90. The molecular formula is C13H21N3O2. The van der Waals surface area contributed by atoms with Gasteiger partial charge in [0, 0.05) is 38.4 Å². The van der Waals surface area contributed by atoms with E-state index in [0.717, 1.165) is 12.1 Å². The van der Waals surface area contributed by atoms with Crippen LogP contribution in [0.3, 0.4) is 0 Å². The van der Waals surface area contributed by atoms with Gasteiger partial charge in [0.05, 0.1) is 12.2 Å². The maximum Gasteiger partial charge on any atom is 0.223 e. The number of amides is 1. The number of carbonyl (C=O) groups excluding carboxylic acids is 1. The first-order valence-corrected chi connectivity index (χ1v) is 6.46. The lowest BCUT2D eigenvalue weighted by Gasteiger charge is -2.35. The first kappa shape index (κ1) is 13.1. The largest absolute Gasteiger partial charge is 0.372 e. The molecule has 2 atom stereocenters. The van der Waals surface area contributed by atoms with Crippen LogP contribution in [0, 0.1) is 0 Å². The monoisotopic (exact) mass is 251 g/mol. The van der Waals surface area contributed by atoms with E-state index in [2.05, 4.69) is 5.10 Å². The van der Waals surface area contributed by atoms with E-state index in [-0.39, 0.29) is 18.1 Å². The van der Waals surface area contributed by atoms with Crippen LogP contribution in [-0.2, 0) is 23.0 Å². The van der Waals surface area contributed by atoms with E-state index in [4.69, 9.17) is 4.74 Å². The van der Waals surface area contributed by atoms with Crippen molar-refractivity contribution >= 4 is 5.91 Å². The number of hydrogen-bond acceptors (Lipinski definition) is 3. The molecular weight excluding hydrogens is 230 g/mol. The van der Waals surface area contributed by atoms with Crippen LogP contribution in [0.5, 0.6) is 0 Å². The SMILES string of the molecule is C[C@@H]1CN(C(=O)CCc2ccnn2C)C[C@H](C)O1. The van der Waals surface area contributed by atoms with E-state index in [9.17, 15) is 4.79 Å². The predicted octanol–water partition coefficient (Wildman–Crippen LogP) is 0.988. The number of ether oxygens (including phenoxy) is 1. The van der Waals surface area contributed by atoms with Gasteiger partial charge in [-0.25, -0.2) is 0 Å². The molecule has 2 rings (SSSR count). The molecule has 0 bridgehead atoms. The fourth-order valence-corrected chi connectivity index (χ4v) is 2.42. The van der Waals surface area contributed by atoms with Gasteiger partial charge in [0.15, 0.2) is 0 Å². The molecule has 1 saturated heterocycles. The van der Waals surface area contributed by atoms with Gasteiger partial charge in [0.25, 0.3) is 0 Å². The highest BCUT2D eigenvalue weighted by molar-refractivity contribution is 5.76. The van der Waals surface area contributed by atoms with E-state index >= 15 is 0 Å². The lowest BCUT2D eigenvalue weighted by atomic mass is 10.1. The van der Waals surface area contributed by atoms with Crippen LogP contribution < -0.4 is 0 Å². The molecule has 100 valence electrons. The zero-order valence-corrected chi connectivity index (χ0v) is 11.3. The Morgan fingerprint density at radius 1 is 1.44 bits per heavy atom. The second kappa shape index (κ2) is 5.52. The number of hydrogen-bond donors (Lipinski definition) is 0. The molecule has 5 nitrogen and oxygen atoms in total. The topological polar surface area (TPSA) is 47.4 Å². The molecule has 1 aromatic heterocycles. The fraction of sp³-hybridized carbons (Fsp3) is 0.692. The van der Waals surface area contributed by atoms with Crippen molar-refractivity contribution < 1.29 is 9.53 Å². The van der Waals surface area contributed by atoms with Gasteiger partial charge in [-0.3, -0.25) is 9.48 Å². The van der Waals surface area contributed by atoms with Gasteiger partial charge < -0.3 is 9.64 Å². The minimum absolute atomic E-state index is 0.134. The van der Waals surface area contributed by atoms with E-state index in [0.29, 0.717) is 19.5 Å². The molecule has 18 heavy (non-hydrogen) atoms. The minimum atomic E-state index is 0.134. The molecule has 0 radical (unpaired) electrons. The summed E-state index contributed by atoms with van der Waals surface area (Å²) in [5.74, 6) is 0.207. The number of nitrogens with zero attached hydrogens (tertiary/aromatic N) is 3. The maximum absolute atomic E-state index is 12.1. The fourth-order valence-electron chi connectivity index (χ4n) is 2.42. The van der Waals surface area contributed by atoms with Crippen LogP contribution in [0.15, 0.2) is 12.3 Å². The third kappa shape index (κ3) is 3.10. The third-order valence-corrected chi connectivity index (χ3v) is 3.29. The van der Waals surface area contributed by atoms with Gasteiger partial charge in [0.1, 0.15) is 0 Å². The molecule has 0 saturated carbocycles. The molecule has 1 aliphatic rings. The number of carbonyl (C=O) groups is 1. The number of rotatable bonds is 3. The Kier molecular flexibility index (Phi) is 4.01. The Labute approximate surface area is 108 Å². The highest BCUT2D eigenvalue weighted by Gasteiger charge is 2.25. The summed E-state index contributed by atoms with van der Waals surface area (Å²) in [5, 5.41) is 4.10. The van der Waals surface area contributed by atoms with Gasteiger partial charge in [-0.2, -0.15) is 5.10 Å². The second-order valence-electron chi connectivity index (χ2n) is 5.00. The molecule has 0 unspecified atom stereocenters. The van der Waals surface area contributed by atoms with Crippen LogP contribution >= 0.6 is 0 Å². The van der Waals surface area contributed by atoms with Crippen LogP contribution in [0.4, 0.5) is 0 Å². The molecule has 0 aromatic carbocycles. The average molecular weight is 251 g/mol. The lowest BCUT2D eigenvalue weighted by Crippen LogP contribution is -2.48. The van der Waals surface area contributed by atoms with Crippen molar-refractivity contribution in [3.05, 3.63) is 18.0 Å². The van der Waals surface area contributed by atoms with Gasteiger partial charge in [-0.05, 0) is 26.3 Å². The van der Waals surface area contributed by atoms with Crippen LogP contribution in [-0.4, -0.2) is 45.9 Å². The molecule has 0 N–H and O–H groups in total. The molecule has 1 amide bonds. The Morgan fingerprint density at radius 2 is 2.11 bits per heavy atom. The van der Waals surface area contributed by atoms with Crippen molar-refractivity contribution in [2.45, 2.75) is 38.9 Å². The zero-order chi connectivity index (χ0) is 13.1. The van der Waals surface area contributed by atoms with Gasteiger partial charge in [-0.1, -0.05) is 0 Å². The van der Waals surface area contributed by atoms with Gasteiger partial charge >= 0.3 is 0 Å². The summed E-state index contributed by atoms with van der Waals surface area (Å²) in [6.45, 7) is 5.43. The lowest BCUT2D eigenvalue weighted by molar-refractivity contribution is -0.143. The molecule has 0 spiro atoms. The van der Waals surface area contributed by atoms with Crippen molar-refractivity contribution in [3.63, 3.8) is 0 Å². The molecule has 1 fully saturated rings. The third-order valence-electron chi connectivity index (χ3n) is 3.29. The van der Waals surface area contributed by atoms with Crippen molar-refractivity contribution in [2.24, 2.45) is 7.05 Å². The quantitative estimate of drug-likeness (QED) is 0.805. The standard InChI is InChI=1S/C13H21N3O2/c1-10-8-16(9-11(2)18-10)13(17)5-4-12-6-7-14-15(12)3/h6-7,10-11H,4-5,8-9H2,1-3H3/t10-,11+. The highest BCUT2D eigenvalue weighted by atomic mass is 16.5. The van der Waals surface area contributed by atoms with Gasteiger partial charge in [0.2, 0.25) is 5.91 Å². The van der Waals surface area contributed by atoms with Crippen LogP contribution in [0.25, 0.3) is 0 Å².